The molecule has 1 rings (SSSR count). The van der Waals surface area contributed by atoms with Crippen molar-refractivity contribution in [3.05, 3.63) is 33.4 Å². The third-order valence-corrected chi connectivity index (χ3v) is 3.52. The first kappa shape index (κ1) is 16.8. The number of halogens is 4. The fraction of sp³-hybridized carbons (Fsp3) is 0.571. The van der Waals surface area contributed by atoms with Crippen molar-refractivity contribution in [2.45, 2.75) is 44.8 Å². The summed E-state index contributed by atoms with van der Waals surface area (Å²) in [5.41, 5.74) is 1.07. The summed E-state index contributed by atoms with van der Waals surface area (Å²) >= 11 is 2.22. The Hall–Kier alpha value is -0.300. The molecule has 108 valence electrons. The van der Waals surface area contributed by atoms with Crippen LogP contribution >= 0.6 is 22.6 Å². The SMILES string of the molecule is CCCNC(CCCC(F)(F)F)c1cccc(I)c1. The van der Waals surface area contributed by atoms with Gasteiger partial charge in [-0.3, -0.25) is 0 Å². The first-order valence-corrected chi connectivity index (χ1v) is 7.56. The molecule has 0 heterocycles. The van der Waals surface area contributed by atoms with E-state index < -0.39 is 12.6 Å². The van der Waals surface area contributed by atoms with E-state index >= 15 is 0 Å². The fourth-order valence-corrected chi connectivity index (χ4v) is 2.50. The highest BCUT2D eigenvalue weighted by molar-refractivity contribution is 14.1. The summed E-state index contributed by atoms with van der Waals surface area (Å²) in [6, 6.07) is 7.94. The van der Waals surface area contributed by atoms with Crippen LogP contribution in [0, 0.1) is 3.57 Å². The largest absolute Gasteiger partial charge is 0.389 e. The van der Waals surface area contributed by atoms with E-state index in [0.29, 0.717) is 6.42 Å². The molecule has 1 atom stereocenters. The summed E-state index contributed by atoms with van der Waals surface area (Å²) < 4.78 is 37.7. The molecule has 0 aromatic heterocycles. The van der Waals surface area contributed by atoms with Crippen LogP contribution in [0.4, 0.5) is 13.2 Å². The van der Waals surface area contributed by atoms with Crippen LogP contribution in [0.1, 0.15) is 44.2 Å². The lowest BCUT2D eigenvalue weighted by atomic mass is 10.0. The zero-order chi connectivity index (χ0) is 14.3. The van der Waals surface area contributed by atoms with E-state index in [4.69, 9.17) is 0 Å². The zero-order valence-electron chi connectivity index (χ0n) is 10.9. The van der Waals surface area contributed by atoms with Crippen molar-refractivity contribution >= 4 is 22.6 Å². The topological polar surface area (TPSA) is 12.0 Å². The first-order chi connectivity index (χ1) is 8.92. The van der Waals surface area contributed by atoms with Crippen molar-refractivity contribution in [1.82, 2.24) is 5.32 Å². The minimum absolute atomic E-state index is 0.0111. The van der Waals surface area contributed by atoms with Gasteiger partial charge in [0.25, 0.3) is 0 Å². The molecule has 0 spiro atoms. The number of alkyl halides is 3. The van der Waals surface area contributed by atoms with Gasteiger partial charge in [-0.15, -0.1) is 0 Å². The smallest absolute Gasteiger partial charge is 0.310 e. The highest BCUT2D eigenvalue weighted by Crippen LogP contribution is 2.27. The van der Waals surface area contributed by atoms with Crippen molar-refractivity contribution in [2.75, 3.05) is 6.54 Å². The highest BCUT2D eigenvalue weighted by atomic mass is 127. The Labute approximate surface area is 126 Å². The summed E-state index contributed by atoms with van der Waals surface area (Å²) in [5.74, 6) is 0. The van der Waals surface area contributed by atoms with Crippen molar-refractivity contribution < 1.29 is 13.2 Å². The van der Waals surface area contributed by atoms with Gasteiger partial charge in [0, 0.05) is 16.0 Å². The molecule has 19 heavy (non-hydrogen) atoms. The fourth-order valence-electron chi connectivity index (χ4n) is 1.94. The number of benzene rings is 1. The molecule has 0 bridgehead atoms. The van der Waals surface area contributed by atoms with Crippen LogP contribution in [-0.4, -0.2) is 12.7 Å². The molecule has 0 amide bonds. The standard InChI is InChI=1S/C14H19F3IN/c1-2-9-19-13(7-4-8-14(15,16)17)11-5-3-6-12(18)10-11/h3,5-6,10,13,19H,2,4,7-9H2,1H3. The molecular formula is C14H19F3IN. The van der Waals surface area contributed by atoms with Crippen LogP contribution in [0.15, 0.2) is 24.3 Å². The third kappa shape index (κ3) is 7.15. The molecular weight excluding hydrogens is 366 g/mol. The van der Waals surface area contributed by atoms with E-state index in [9.17, 15) is 13.2 Å². The van der Waals surface area contributed by atoms with Gasteiger partial charge in [0.2, 0.25) is 0 Å². The van der Waals surface area contributed by atoms with Crippen LogP contribution in [0.2, 0.25) is 0 Å². The van der Waals surface area contributed by atoms with Crippen molar-refractivity contribution in [2.24, 2.45) is 0 Å². The lowest BCUT2D eigenvalue weighted by Crippen LogP contribution is -2.22. The van der Waals surface area contributed by atoms with E-state index in [1.807, 2.05) is 24.3 Å². The average molecular weight is 385 g/mol. The van der Waals surface area contributed by atoms with Gasteiger partial charge in [-0.05, 0) is 66.1 Å². The predicted molar refractivity (Wildman–Crippen MR) is 80.1 cm³/mol. The van der Waals surface area contributed by atoms with E-state index in [0.717, 1.165) is 22.1 Å². The highest BCUT2D eigenvalue weighted by Gasteiger charge is 2.26. The van der Waals surface area contributed by atoms with Gasteiger partial charge in [0.05, 0.1) is 0 Å². The van der Waals surface area contributed by atoms with E-state index in [-0.39, 0.29) is 12.5 Å². The molecule has 5 heteroatoms. The molecule has 0 saturated heterocycles. The average Bonchev–Trinajstić information content (AvgIpc) is 2.32. The maximum atomic E-state index is 12.2. The Balaban J connectivity index is 2.61. The van der Waals surface area contributed by atoms with E-state index in [2.05, 4.69) is 34.8 Å². The molecule has 0 radical (unpaired) electrons. The normalized spacial score (nSPS) is 13.5. The second-order valence-corrected chi connectivity index (χ2v) is 5.81. The van der Waals surface area contributed by atoms with Gasteiger partial charge in [-0.25, -0.2) is 0 Å². The number of hydrogen-bond donors (Lipinski definition) is 1. The number of hydrogen-bond acceptors (Lipinski definition) is 1. The molecule has 0 aliphatic rings. The Morgan fingerprint density at radius 2 is 2.05 bits per heavy atom. The van der Waals surface area contributed by atoms with Gasteiger partial charge in [0.1, 0.15) is 0 Å². The van der Waals surface area contributed by atoms with Crippen LogP contribution in [0.3, 0.4) is 0 Å². The summed E-state index contributed by atoms with van der Waals surface area (Å²) in [4.78, 5) is 0. The van der Waals surface area contributed by atoms with Gasteiger partial charge in [0.15, 0.2) is 0 Å². The van der Waals surface area contributed by atoms with Crippen LogP contribution < -0.4 is 5.32 Å². The Morgan fingerprint density at radius 1 is 1.32 bits per heavy atom. The maximum absolute atomic E-state index is 12.2. The summed E-state index contributed by atoms with van der Waals surface area (Å²) in [6.07, 6.45) is -3.11. The van der Waals surface area contributed by atoms with Gasteiger partial charge < -0.3 is 5.32 Å². The molecule has 1 N–H and O–H groups in total. The molecule has 1 nitrogen and oxygen atoms in total. The predicted octanol–water partition coefficient (Wildman–Crippen LogP) is 5.06. The van der Waals surface area contributed by atoms with E-state index in [1.165, 1.54) is 0 Å². The Morgan fingerprint density at radius 3 is 2.63 bits per heavy atom. The van der Waals surface area contributed by atoms with Crippen LogP contribution in [0.25, 0.3) is 0 Å². The summed E-state index contributed by atoms with van der Waals surface area (Å²) in [6.45, 7) is 2.87. The zero-order valence-corrected chi connectivity index (χ0v) is 13.1. The van der Waals surface area contributed by atoms with Crippen LogP contribution in [-0.2, 0) is 0 Å². The summed E-state index contributed by atoms with van der Waals surface area (Å²) in [7, 11) is 0. The number of rotatable bonds is 7. The molecule has 1 aromatic rings. The van der Waals surface area contributed by atoms with Gasteiger partial charge in [-0.1, -0.05) is 19.1 Å². The molecule has 0 aliphatic carbocycles. The maximum Gasteiger partial charge on any atom is 0.389 e. The molecule has 1 unspecified atom stereocenters. The lowest BCUT2D eigenvalue weighted by molar-refractivity contribution is -0.135. The minimum atomic E-state index is -4.06. The lowest BCUT2D eigenvalue weighted by Gasteiger charge is -2.19. The van der Waals surface area contributed by atoms with E-state index in [1.54, 1.807) is 0 Å². The molecule has 0 saturated carbocycles. The van der Waals surface area contributed by atoms with Gasteiger partial charge >= 0.3 is 6.18 Å². The monoisotopic (exact) mass is 385 g/mol. The third-order valence-electron chi connectivity index (χ3n) is 2.84. The first-order valence-electron chi connectivity index (χ1n) is 6.48. The van der Waals surface area contributed by atoms with Crippen molar-refractivity contribution in [1.29, 1.82) is 0 Å². The molecule has 1 aromatic carbocycles. The van der Waals surface area contributed by atoms with Crippen molar-refractivity contribution in [3.63, 3.8) is 0 Å². The minimum Gasteiger partial charge on any atom is -0.310 e. The molecule has 0 aliphatic heterocycles. The van der Waals surface area contributed by atoms with Crippen LogP contribution in [0.5, 0.6) is 0 Å². The summed E-state index contributed by atoms with van der Waals surface area (Å²) in [5, 5.41) is 3.33. The Bertz CT molecular complexity index is 379. The second-order valence-electron chi connectivity index (χ2n) is 4.57. The number of nitrogens with one attached hydrogen (secondary N) is 1. The van der Waals surface area contributed by atoms with Gasteiger partial charge in [-0.2, -0.15) is 13.2 Å². The Kier molecular flexibility index (Phi) is 7.13. The second kappa shape index (κ2) is 8.09. The molecule has 0 fully saturated rings. The quantitative estimate of drug-likeness (QED) is 0.647. The van der Waals surface area contributed by atoms with Crippen molar-refractivity contribution in [3.8, 4) is 0 Å².